The summed E-state index contributed by atoms with van der Waals surface area (Å²) in [4.78, 5) is 10.3. The molecule has 0 amide bonds. The lowest BCUT2D eigenvalue weighted by atomic mass is 9.85. The maximum absolute atomic E-state index is 10.3. The van der Waals surface area contributed by atoms with E-state index in [0.717, 1.165) is 16.6 Å². The summed E-state index contributed by atoms with van der Waals surface area (Å²) in [6.45, 7) is 8.52. The first-order valence-electron chi connectivity index (χ1n) is 6.71. The molecule has 1 unspecified atom stereocenters. The molecule has 0 heterocycles. The molecule has 1 N–H and O–H groups in total. The Labute approximate surface area is 122 Å². The van der Waals surface area contributed by atoms with Gasteiger partial charge in [0, 0.05) is 10.9 Å². The van der Waals surface area contributed by atoms with Crippen LogP contribution in [0, 0.1) is 6.92 Å². The van der Waals surface area contributed by atoms with Crippen LogP contribution in [0.15, 0.2) is 48.5 Å². The lowest BCUT2D eigenvalue weighted by Crippen LogP contribution is -2.14. The highest BCUT2D eigenvalue weighted by Crippen LogP contribution is 2.39. The van der Waals surface area contributed by atoms with Gasteiger partial charge in [0.2, 0.25) is 0 Å². The zero-order valence-corrected chi connectivity index (χ0v) is 13.3. The first kappa shape index (κ1) is 15.0. The van der Waals surface area contributed by atoms with Crippen LogP contribution >= 0.6 is 8.38 Å². The van der Waals surface area contributed by atoms with Crippen molar-refractivity contribution >= 4 is 13.7 Å². The van der Waals surface area contributed by atoms with E-state index in [2.05, 4.69) is 33.8 Å². The first-order valence-corrected chi connectivity index (χ1v) is 7.92. The third kappa shape index (κ3) is 3.59. The van der Waals surface area contributed by atoms with E-state index < -0.39 is 8.38 Å². The smallest absolute Gasteiger partial charge is 0.262 e. The Morgan fingerprint density at radius 1 is 1.00 bits per heavy atom. The van der Waals surface area contributed by atoms with Crippen LogP contribution in [0.2, 0.25) is 0 Å². The minimum atomic E-state index is -1.62. The molecule has 0 aromatic heterocycles. The van der Waals surface area contributed by atoms with E-state index in [9.17, 15) is 4.89 Å². The van der Waals surface area contributed by atoms with Gasteiger partial charge >= 0.3 is 0 Å². The van der Waals surface area contributed by atoms with Crippen molar-refractivity contribution < 1.29 is 9.42 Å². The van der Waals surface area contributed by atoms with Gasteiger partial charge in [0.15, 0.2) is 0 Å². The second kappa shape index (κ2) is 5.95. The maximum atomic E-state index is 10.3. The highest BCUT2D eigenvalue weighted by Gasteiger charge is 2.21. The van der Waals surface area contributed by atoms with Crippen molar-refractivity contribution in [1.29, 1.82) is 0 Å². The van der Waals surface area contributed by atoms with Gasteiger partial charge in [0.05, 0.1) is 0 Å². The molecular formula is C17H21O2P. The summed E-state index contributed by atoms with van der Waals surface area (Å²) in [5.74, 6) is 0.764. The fourth-order valence-corrected chi connectivity index (χ4v) is 2.89. The Morgan fingerprint density at radius 2 is 1.65 bits per heavy atom. The quantitative estimate of drug-likeness (QED) is 0.853. The van der Waals surface area contributed by atoms with Crippen LogP contribution in [0.5, 0.6) is 5.75 Å². The molecular weight excluding hydrogens is 267 g/mol. The summed E-state index contributed by atoms with van der Waals surface area (Å²) in [5.41, 5.74) is 2.30. The molecule has 0 spiro atoms. The normalized spacial score (nSPS) is 13.1. The van der Waals surface area contributed by atoms with Crippen LogP contribution in [0.3, 0.4) is 0 Å². The predicted molar refractivity (Wildman–Crippen MR) is 85.7 cm³/mol. The van der Waals surface area contributed by atoms with Crippen molar-refractivity contribution in [2.75, 3.05) is 0 Å². The van der Waals surface area contributed by atoms with Gasteiger partial charge in [-0.2, -0.15) is 0 Å². The van der Waals surface area contributed by atoms with Crippen molar-refractivity contribution in [3.8, 4) is 5.75 Å². The monoisotopic (exact) mass is 288 g/mol. The third-order valence-corrected chi connectivity index (χ3v) is 4.21. The average molecular weight is 288 g/mol. The van der Waals surface area contributed by atoms with Crippen molar-refractivity contribution in [3.63, 3.8) is 0 Å². The van der Waals surface area contributed by atoms with Gasteiger partial charge in [-0.3, -0.25) is 0 Å². The molecule has 2 aromatic rings. The second-order valence-electron chi connectivity index (χ2n) is 5.95. The molecule has 2 nitrogen and oxygen atoms in total. The highest BCUT2D eigenvalue weighted by atomic mass is 31.2. The van der Waals surface area contributed by atoms with Gasteiger partial charge in [-0.1, -0.05) is 56.7 Å². The Bertz CT molecular complexity index is 573. The van der Waals surface area contributed by atoms with E-state index in [4.69, 9.17) is 4.52 Å². The average Bonchev–Trinajstić information content (AvgIpc) is 2.40. The van der Waals surface area contributed by atoms with E-state index in [0.29, 0.717) is 0 Å². The van der Waals surface area contributed by atoms with Crippen LogP contribution < -0.4 is 9.83 Å². The minimum Gasteiger partial charge on any atom is -0.444 e. The molecule has 2 aromatic carbocycles. The molecule has 3 heteroatoms. The first-order chi connectivity index (χ1) is 9.38. The molecule has 20 heavy (non-hydrogen) atoms. The number of benzene rings is 2. The zero-order chi connectivity index (χ0) is 14.8. The van der Waals surface area contributed by atoms with E-state index in [1.807, 2.05) is 42.5 Å². The lowest BCUT2D eigenvalue weighted by molar-refractivity contribution is 0.479. The third-order valence-electron chi connectivity index (χ3n) is 3.10. The fourth-order valence-electron chi connectivity index (χ4n) is 2.01. The molecule has 0 fully saturated rings. The van der Waals surface area contributed by atoms with E-state index >= 15 is 0 Å². The van der Waals surface area contributed by atoms with Crippen molar-refractivity contribution in [2.24, 2.45) is 0 Å². The number of hydrogen-bond donors (Lipinski definition) is 1. The van der Waals surface area contributed by atoms with Crippen LogP contribution in [0.25, 0.3) is 0 Å². The molecule has 0 saturated carbocycles. The molecule has 0 bridgehead atoms. The molecule has 0 aliphatic rings. The molecule has 1 atom stereocenters. The van der Waals surface area contributed by atoms with Crippen LogP contribution in [-0.2, 0) is 5.41 Å². The van der Waals surface area contributed by atoms with Gasteiger partial charge in [0.1, 0.15) is 5.75 Å². The van der Waals surface area contributed by atoms with Gasteiger partial charge in [-0.25, -0.2) is 0 Å². The van der Waals surface area contributed by atoms with Crippen LogP contribution in [0.4, 0.5) is 0 Å². The zero-order valence-electron chi connectivity index (χ0n) is 12.4. The molecule has 106 valence electrons. The summed E-state index contributed by atoms with van der Waals surface area (Å²) in [6.07, 6.45) is 0. The topological polar surface area (TPSA) is 29.5 Å². The fraction of sp³-hybridized carbons (Fsp3) is 0.294. The summed E-state index contributed by atoms with van der Waals surface area (Å²) in [7, 11) is -1.62. The van der Waals surface area contributed by atoms with E-state index in [1.165, 1.54) is 5.56 Å². The van der Waals surface area contributed by atoms with Crippen molar-refractivity contribution in [3.05, 3.63) is 59.7 Å². The Balaban J connectivity index is 2.30. The summed E-state index contributed by atoms with van der Waals surface area (Å²) in [5, 5.41) is 0.822. The molecule has 0 aliphatic carbocycles. The van der Waals surface area contributed by atoms with Crippen LogP contribution in [-0.4, -0.2) is 4.89 Å². The van der Waals surface area contributed by atoms with Gasteiger partial charge < -0.3 is 9.42 Å². The lowest BCUT2D eigenvalue weighted by Gasteiger charge is -2.24. The van der Waals surface area contributed by atoms with Gasteiger partial charge in [0.25, 0.3) is 8.38 Å². The van der Waals surface area contributed by atoms with Crippen LogP contribution in [0.1, 0.15) is 31.9 Å². The van der Waals surface area contributed by atoms with Gasteiger partial charge in [-0.05, 0) is 30.5 Å². The largest absolute Gasteiger partial charge is 0.444 e. The molecule has 0 aliphatic heterocycles. The second-order valence-corrected chi connectivity index (χ2v) is 7.19. The molecule has 2 rings (SSSR count). The number of rotatable bonds is 3. The standard InChI is InChI=1S/C17H21O2P/c1-13-10-11-16(15(12-13)17(2,3)4)19-20(18)14-8-6-5-7-9-14/h5-12,18H,1-4H3. The van der Waals surface area contributed by atoms with E-state index in [-0.39, 0.29) is 5.41 Å². The number of hydrogen-bond acceptors (Lipinski definition) is 2. The van der Waals surface area contributed by atoms with Crippen molar-refractivity contribution in [2.45, 2.75) is 33.1 Å². The summed E-state index contributed by atoms with van der Waals surface area (Å²) < 4.78 is 5.83. The maximum Gasteiger partial charge on any atom is 0.262 e. The minimum absolute atomic E-state index is 0.0196. The SMILES string of the molecule is Cc1ccc(OP(O)c2ccccc2)c(C(C)(C)C)c1. The molecule has 0 saturated heterocycles. The van der Waals surface area contributed by atoms with E-state index in [1.54, 1.807) is 0 Å². The Hall–Kier alpha value is -1.37. The van der Waals surface area contributed by atoms with Gasteiger partial charge in [-0.15, -0.1) is 0 Å². The Morgan fingerprint density at radius 3 is 2.25 bits per heavy atom. The number of aryl methyl sites for hydroxylation is 1. The Kier molecular flexibility index (Phi) is 4.47. The molecule has 0 radical (unpaired) electrons. The van der Waals surface area contributed by atoms with Crippen molar-refractivity contribution in [1.82, 2.24) is 0 Å². The summed E-state index contributed by atoms with van der Waals surface area (Å²) in [6, 6.07) is 15.6. The summed E-state index contributed by atoms with van der Waals surface area (Å²) >= 11 is 0. The highest BCUT2D eigenvalue weighted by molar-refractivity contribution is 7.55. The predicted octanol–water partition coefficient (Wildman–Crippen LogP) is 4.30.